The third-order valence-corrected chi connectivity index (χ3v) is 2.17. The molecule has 0 aliphatic heterocycles. The highest BCUT2D eigenvalue weighted by atomic mass is 15.1. The molecule has 0 fully saturated rings. The second-order valence-electron chi connectivity index (χ2n) is 4.95. The predicted octanol–water partition coefficient (Wildman–Crippen LogP) is 1.85. The van der Waals surface area contributed by atoms with Crippen molar-refractivity contribution < 1.29 is 0 Å². The summed E-state index contributed by atoms with van der Waals surface area (Å²) in [6.45, 7) is 10.6. The lowest BCUT2D eigenvalue weighted by molar-refractivity contribution is 0.282. The van der Waals surface area contributed by atoms with Crippen molar-refractivity contribution in [2.24, 2.45) is 5.92 Å². The first-order valence-corrected chi connectivity index (χ1v) is 5.80. The van der Waals surface area contributed by atoms with Crippen molar-refractivity contribution in [1.82, 2.24) is 10.2 Å². The summed E-state index contributed by atoms with van der Waals surface area (Å²) in [5, 5.41) is 12.2. The lowest BCUT2D eigenvalue weighted by atomic mass is 10.1. The van der Waals surface area contributed by atoms with Crippen LogP contribution in [0.3, 0.4) is 0 Å². The monoisotopic (exact) mass is 211 g/mol. The highest BCUT2D eigenvalue weighted by molar-refractivity contribution is 4.90. The normalized spacial score (nSPS) is 13.5. The van der Waals surface area contributed by atoms with E-state index < -0.39 is 0 Å². The Morgan fingerprint density at radius 1 is 1.27 bits per heavy atom. The Morgan fingerprint density at radius 2 is 1.87 bits per heavy atom. The SMILES string of the molecule is CC(C)CN(C)CCC(C#N)NC(C)C. The smallest absolute Gasteiger partial charge is 0.0967 e. The maximum Gasteiger partial charge on any atom is 0.0967 e. The Hall–Kier alpha value is -0.590. The predicted molar refractivity (Wildman–Crippen MR) is 64.6 cm³/mol. The Balaban J connectivity index is 3.76. The van der Waals surface area contributed by atoms with Gasteiger partial charge in [-0.3, -0.25) is 5.32 Å². The molecular weight excluding hydrogens is 186 g/mol. The van der Waals surface area contributed by atoms with Crippen LogP contribution >= 0.6 is 0 Å². The minimum atomic E-state index is -0.0142. The summed E-state index contributed by atoms with van der Waals surface area (Å²) >= 11 is 0. The van der Waals surface area contributed by atoms with Crippen LogP contribution in [-0.2, 0) is 0 Å². The summed E-state index contributed by atoms with van der Waals surface area (Å²) in [4.78, 5) is 2.29. The Morgan fingerprint density at radius 3 is 2.27 bits per heavy atom. The van der Waals surface area contributed by atoms with E-state index >= 15 is 0 Å². The van der Waals surface area contributed by atoms with Crippen molar-refractivity contribution in [2.75, 3.05) is 20.1 Å². The van der Waals surface area contributed by atoms with E-state index in [1.807, 2.05) is 0 Å². The molecule has 3 heteroatoms. The van der Waals surface area contributed by atoms with Crippen molar-refractivity contribution in [3.63, 3.8) is 0 Å². The molecule has 0 aromatic heterocycles. The summed E-state index contributed by atoms with van der Waals surface area (Å²) in [6, 6.07) is 2.67. The molecule has 0 heterocycles. The van der Waals surface area contributed by atoms with Crippen molar-refractivity contribution in [2.45, 2.75) is 46.2 Å². The topological polar surface area (TPSA) is 39.1 Å². The summed E-state index contributed by atoms with van der Waals surface area (Å²) in [7, 11) is 2.11. The zero-order valence-corrected chi connectivity index (χ0v) is 10.7. The molecule has 0 spiro atoms. The van der Waals surface area contributed by atoms with Crippen molar-refractivity contribution >= 4 is 0 Å². The van der Waals surface area contributed by atoms with Crippen LogP contribution in [0, 0.1) is 17.2 Å². The van der Waals surface area contributed by atoms with E-state index in [0.29, 0.717) is 12.0 Å². The molecule has 0 saturated carbocycles. The van der Waals surface area contributed by atoms with Crippen molar-refractivity contribution in [1.29, 1.82) is 5.26 Å². The molecule has 0 radical (unpaired) electrons. The molecule has 1 atom stereocenters. The van der Waals surface area contributed by atoms with E-state index in [4.69, 9.17) is 5.26 Å². The number of hydrogen-bond acceptors (Lipinski definition) is 3. The third kappa shape index (κ3) is 8.41. The third-order valence-electron chi connectivity index (χ3n) is 2.17. The molecule has 0 amide bonds. The molecule has 15 heavy (non-hydrogen) atoms. The quantitative estimate of drug-likeness (QED) is 0.698. The van der Waals surface area contributed by atoms with Gasteiger partial charge in [0.15, 0.2) is 0 Å². The van der Waals surface area contributed by atoms with Gasteiger partial charge in [0.1, 0.15) is 0 Å². The molecule has 3 nitrogen and oxygen atoms in total. The summed E-state index contributed by atoms with van der Waals surface area (Å²) in [6.07, 6.45) is 0.901. The van der Waals surface area contributed by atoms with E-state index in [1.54, 1.807) is 0 Å². The zero-order chi connectivity index (χ0) is 11.8. The van der Waals surface area contributed by atoms with Gasteiger partial charge < -0.3 is 4.90 Å². The maximum atomic E-state index is 8.94. The first-order valence-electron chi connectivity index (χ1n) is 5.80. The molecule has 0 aromatic rings. The first kappa shape index (κ1) is 14.4. The highest BCUT2D eigenvalue weighted by Crippen LogP contribution is 1.99. The number of hydrogen-bond donors (Lipinski definition) is 1. The van der Waals surface area contributed by atoms with Gasteiger partial charge in [0.2, 0.25) is 0 Å². The molecule has 88 valence electrons. The second-order valence-corrected chi connectivity index (χ2v) is 4.95. The van der Waals surface area contributed by atoms with E-state index in [0.717, 1.165) is 19.5 Å². The summed E-state index contributed by atoms with van der Waals surface area (Å²) in [5.41, 5.74) is 0. The van der Waals surface area contributed by atoms with Crippen LogP contribution in [0.4, 0.5) is 0 Å². The number of rotatable bonds is 7. The van der Waals surface area contributed by atoms with Crippen LogP contribution in [0.1, 0.15) is 34.1 Å². The second kappa shape index (κ2) is 7.67. The Kier molecular flexibility index (Phi) is 7.37. The molecule has 0 aliphatic carbocycles. The molecular formula is C12H25N3. The largest absolute Gasteiger partial charge is 0.306 e. The Labute approximate surface area is 94.5 Å². The molecule has 0 saturated heterocycles. The van der Waals surface area contributed by atoms with Crippen LogP contribution < -0.4 is 5.32 Å². The molecule has 1 N–H and O–H groups in total. The number of nitrogens with one attached hydrogen (secondary N) is 1. The van der Waals surface area contributed by atoms with E-state index in [2.05, 4.69) is 51.0 Å². The fourth-order valence-electron chi connectivity index (χ4n) is 1.65. The van der Waals surface area contributed by atoms with Crippen LogP contribution in [0.25, 0.3) is 0 Å². The van der Waals surface area contributed by atoms with Gasteiger partial charge in [0.05, 0.1) is 12.1 Å². The lowest BCUT2D eigenvalue weighted by Crippen LogP contribution is -2.36. The van der Waals surface area contributed by atoms with Crippen LogP contribution in [0.15, 0.2) is 0 Å². The van der Waals surface area contributed by atoms with Gasteiger partial charge in [0, 0.05) is 19.1 Å². The standard InChI is InChI=1S/C12H25N3/c1-10(2)9-15(5)7-6-12(8-13)14-11(3)4/h10-12,14H,6-7,9H2,1-5H3. The van der Waals surface area contributed by atoms with E-state index in [-0.39, 0.29) is 6.04 Å². The average Bonchev–Trinajstić information content (AvgIpc) is 2.10. The zero-order valence-electron chi connectivity index (χ0n) is 10.7. The highest BCUT2D eigenvalue weighted by Gasteiger charge is 2.10. The van der Waals surface area contributed by atoms with Crippen molar-refractivity contribution in [3.05, 3.63) is 0 Å². The van der Waals surface area contributed by atoms with E-state index in [1.165, 1.54) is 0 Å². The summed E-state index contributed by atoms with van der Waals surface area (Å²) < 4.78 is 0. The Bertz CT molecular complexity index is 194. The minimum Gasteiger partial charge on any atom is -0.306 e. The maximum absolute atomic E-state index is 8.94. The summed E-state index contributed by atoms with van der Waals surface area (Å²) in [5.74, 6) is 0.689. The molecule has 0 aliphatic rings. The lowest BCUT2D eigenvalue weighted by Gasteiger charge is -2.21. The van der Waals surface area contributed by atoms with Crippen LogP contribution in [-0.4, -0.2) is 37.1 Å². The number of nitrogens with zero attached hydrogens (tertiary/aromatic N) is 2. The minimum absolute atomic E-state index is 0.0142. The first-order chi connectivity index (χ1) is 6.95. The fraction of sp³-hybridized carbons (Fsp3) is 0.917. The number of nitriles is 1. The molecule has 0 aromatic carbocycles. The fourth-order valence-corrected chi connectivity index (χ4v) is 1.65. The molecule has 1 unspecified atom stereocenters. The van der Waals surface area contributed by atoms with Gasteiger partial charge in [-0.25, -0.2) is 0 Å². The average molecular weight is 211 g/mol. The van der Waals surface area contributed by atoms with Gasteiger partial charge in [-0.05, 0) is 33.2 Å². The van der Waals surface area contributed by atoms with Gasteiger partial charge in [-0.1, -0.05) is 13.8 Å². The molecule has 0 bridgehead atoms. The van der Waals surface area contributed by atoms with Gasteiger partial charge in [0.25, 0.3) is 0 Å². The van der Waals surface area contributed by atoms with E-state index in [9.17, 15) is 0 Å². The van der Waals surface area contributed by atoms with Gasteiger partial charge in [-0.2, -0.15) is 5.26 Å². The van der Waals surface area contributed by atoms with Crippen LogP contribution in [0.2, 0.25) is 0 Å². The van der Waals surface area contributed by atoms with Gasteiger partial charge in [-0.15, -0.1) is 0 Å². The van der Waals surface area contributed by atoms with Gasteiger partial charge >= 0.3 is 0 Å². The van der Waals surface area contributed by atoms with Crippen molar-refractivity contribution in [3.8, 4) is 6.07 Å². The molecule has 0 rings (SSSR count). The van der Waals surface area contributed by atoms with Crippen LogP contribution in [0.5, 0.6) is 0 Å².